The van der Waals surface area contributed by atoms with Gasteiger partial charge in [-0.25, -0.2) is 4.57 Å². The molecule has 3 N–H and O–H groups in total. The van der Waals surface area contributed by atoms with Gasteiger partial charge in [0.2, 0.25) is 0 Å². The number of phosphoric ester groups is 1. The minimum atomic E-state index is -4.76. The van der Waals surface area contributed by atoms with E-state index in [2.05, 4.69) is 9.51 Å². The molecule has 0 atom stereocenters. The predicted octanol–water partition coefficient (Wildman–Crippen LogP) is 0.517. The van der Waals surface area contributed by atoms with Crippen LogP contribution in [0.25, 0.3) is 0 Å². The quantitative estimate of drug-likeness (QED) is 0.526. The molecule has 0 aliphatic rings. The second kappa shape index (κ2) is 4.71. The lowest BCUT2D eigenvalue weighted by Crippen LogP contribution is -1.99. The fraction of sp³-hybridized carbons (Fsp3) is 0.250. The molecule has 0 aliphatic carbocycles. The summed E-state index contributed by atoms with van der Waals surface area (Å²) >= 11 is 0. The van der Waals surface area contributed by atoms with Gasteiger partial charge in [0.1, 0.15) is 5.75 Å². The summed E-state index contributed by atoms with van der Waals surface area (Å²) in [5, 5.41) is 9.63. The fourth-order valence-electron chi connectivity index (χ4n) is 0.953. The van der Waals surface area contributed by atoms with Gasteiger partial charge in [-0.15, -0.1) is 0 Å². The van der Waals surface area contributed by atoms with Gasteiger partial charge < -0.3 is 14.9 Å². The molecular formula is C8H10NO6P. The lowest BCUT2D eigenvalue weighted by atomic mass is 10.1. The number of pyridine rings is 1. The molecule has 0 amide bonds. The lowest BCUT2D eigenvalue weighted by molar-refractivity contribution is 0.111. The Hall–Kier alpha value is -1.27. The average Bonchev–Trinajstić information content (AvgIpc) is 2.23. The monoisotopic (exact) mass is 250 g/mol. The van der Waals surface area contributed by atoms with E-state index in [0.29, 0.717) is 0 Å². The second-order valence-corrected chi connectivity index (χ2v) is 4.02. The van der Waals surface area contributed by atoms with Crippen LogP contribution in [0.1, 0.15) is 25.7 Å². The maximum atomic E-state index is 10.8. The van der Waals surface area contributed by atoms with Gasteiger partial charge in [0.15, 0.2) is 6.29 Å². The lowest BCUT2D eigenvalue weighted by Gasteiger charge is -2.09. The number of hydrogen-bond acceptors (Lipinski definition) is 5. The molecule has 16 heavy (non-hydrogen) atoms. The topological polar surface area (TPSA) is 117 Å². The molecule has 7 nitrogen and oxygen atoms in total. The number of phosphoric acid groups is 1. The van der Waals surface area contributed by atoms with E-state index in [0.717, 1.165) is 6.20 Å². The molecule has 0 fully saturated rings. The highest BCUT2D eigenvalue weighted by atomic mass is 31.2. The van der Waals surface area contributed by atoms with Crippen molar-refractivity contribution in [3.63, 3.8) is 0 Å². The smallest absolute Gasteiger partial charge is 0.469 e. The molecule has 0 bridgehead atoms. The first-order valence-corrected chi connectivity index (χ1v) is 5.46. The van der Waals surface area contributed by atoms with Gasteiger partial charge in [0.25, 0.3) is 0 Å². The van der Waals surface area contributed by atoms with E-state index < -0.39 is 38.3 Å². The minimum Gasteiger partial charge on any atom is -0.505 e. The van der Waals surface area contributed by atoms with Crippen molar-refractivity contribution in [2.75, 3.05) is 0 Å². The second-order valence-electron chi connectivity index (χ2n) is 2.78. The highest BCUT2D eigenvalue weighted by Crippen LogP contribution is 2.37. The number of aromatic hydroxyl groups is 1. The number of hydrogen-bond donors (Lipinski definition) is 3. The normalized spacial score (nSPS) is 15.0. The Balaban J connectivity index is 3.20. The van der Waals surface area contributed by atoms with Crippen molar-refractivity contribution < 1.29 is 32.9 Å². The summed E-state index contributed by atoms with van der Waals surface area (Å²) in [6.07, 6.45) is 1.06. The highest BCUT2D eigenvalue weighted by Gasteiger charge is 2.17. The van der Waals surface area contributed by atoms with E-state index in [1.54, 1.807) is 0 Å². The van der Waals surface area contributed by atoms with Crippen LogP contribution in [0, 0.1) is 6.85 Å². The average molecular weight is 250 g/mol. The Kier molecular flexibility index (Phi) is 2.60. The molecule has 1 heterocycles. The molecule has 1 aromatic rings. The van der Waals surface area contributed by atoms with Crippen LogP contribution in [0.5, 0.6) is 5.75 Å². The summed E-state index contributed by atoms with van der Waals surface area (Å²) in [6, 6.07) is 0. The fourth-order valence-corrected chi connectivity index (χ4v) is 1.26. The molecular weight excluding hydrogens is 237 g/mol. The van der Waals surface area contributed by atoms with E-state index in [4.69, 9.17) is 13.9 Å². The van der Waals surface area contributed by atoms with Gasteiger partial charge in [-0.1, -0.05) is 0 Å². The third-order valence-corrected chi connectivity index (χ3v) is 2.15. The van der Waals surface area contributed by atoms with Crippen LogP contribution in [0.4, 0.5) is 0 Å². The van der Waals surface area contributed by atoms with Crippen LogP contribution in [0.15, 0.2) is 6.20 Å². The Morgan fingerprint density at radius 3 is 2.88 bits per heavy atom. The summed E-state index contributed by atoms with van der Waals surface area (Å²) < 4.78 is 36.0. The number of aromatic nitrogens is 1. The minimum absolute atomic E-state index is 0.135. The Bertz CT molecular complexity index is 540. The largest absolute Gasteiger partial charge is 0.505 e. The van der Waals surface area contributed by atoms with Crippen LogP contribution in [-0.4, -0.2) is 26.2 Å². The molecule has 88 valence electrons. The highest BCUT2D eigenvalue weighted by molar-refractivity contribution is 7.46. The van der Waals surface area contributed by atoms with Crippen molar-refractivity contribution in [3.8, 4) is 5.75 Å². The van der Waals surface area contributed by atoms with Crippen LogP contribution in [0.2, 0.25) is 0 Å². The predicted molar refractivity (Wildman–Crippen MR) is 52.9 cm³/mol. The number of nitrogens with zero attached hydrogens (tertiary/aromatic N) is 1. The molecule has 0 aliphatic heterocycles. The molecule has 8 heteroatoms. The van der Waals surface area contributed by atoms with Crippen molar-refractivity contribution in [3.05, 3.63) is 23.0 Å². The molecule has 1 aromatic heterocycles. The van der Waals surface area contributed by atoms with Crippen LogP contribution >= 0.6 is 7.82 Å². The summed E-state index contributed by atoms with van der Waals surface area (Å²) in [6.45, 7) is -3.41. The number of aldehydes is 1. The number of carbonyl (C=O) groups excluding carboxylic acids is 1. The summed E-state index contributed by atoms with van der Waals surface area (Å²) in [5.41, 5.74) is -1.24. The van der Waals surface area contributed by atoms with Gasteiger partial charge in [0.05, 0.1) is 17.9 Å². The number of rotatable bonds is 4. The maximum Gasteiger partial charge on any atom is 0.469 e. The Morgan fingerprint density at radius 1 is 1.69 bits per heavy atom. The van der Waals surface area contributed by atoms with Crippen LogP contribution < -0.4 is 0 Å². The zero-order valence-corrected chi connectivity index (χ0v) is 8.72. The maximum absolute atomic E-state index is 10.8. The van der Waals surface area contributed by atoms with Crippen molar-refractivity contribution in [1.29, 1.82) is 0 Å². The summed E-state index contributed by atoms with van der Waals surface area (Å²) in [7, 11) is -4.76. The molecule has 0 unspecified atom stereocenters. The number of aryl methyl sites for hydroxylation is 1. The van der Waals surface area contributed by atoms with Crippen molar-refractivity contribution in [1.82, 2.24) is 4.98 Å². The van der Waals surface area contributed by atoms with Crippen molar-refractivity contribution in [2.45, 2.75) is 13.5 Å². The van der Waals surface area contributed by atoms with Gasteiger partial charge >= 0.3 is 7.82 Å². The zero-order valence-electron chi connectivity index (χ0n) is 10.8. The zero-order chi connectivity index (χ0) is 14.8. The summed E-state index contributed by atoms with van der Waals surface area (Å²) in [4.78, 5) is 31.3. The van der Waals surface area contributed by atoms with Crippen molar-refractivity contribution in [2.24, 2.45) is 0 Å². The van der Waals surface area contributed by atoms with E-state index in [1.165, 1.54) is 0 Å². The van der Waals surface area contributed by atoms with Gasteiger partial charge in [-0.05, 0) is 6.85 Å². The summed E-state index contributed by atoms with van der Waals surface area (Å²) in [5.74, 6) is -0.859. The van der Waals surface area contributed by atoms with E-state index in [-0.39, 0.29) is 11.8 Å². The molecule has 0 spiro atoms. The Labute approximate surface area is 95.2 Å². The molecule has 0 saturated carbocycles. The number of carbonyl (C=O) groups is 1. The standard InChI is InChI=1S/C8H10NO6P/c1-5-8(11)7(3-10)6(2-9-5)4-15-16(12,13)14/h2-3,11H,4H2,1H3,(H2,12,13,14)/i1D3. The van der Waals surface area contributed by atoms with Gasteiger partial charge in [-0.2, -0.15) is 0 Å². The third kappa shape index (κ3) is 3.11. The molecule has 0 aromatic carbocycles. The van der Waals surface area contributed by atoms with Crippen molar-refractivity contribution >= 4 is 14.1 Å². The first kappa shape index (κ1) is 8.83. The van der Waals surface area contributed by atoms with E-state index >= 15 is 0 Å². The first-order valence-electron chi connectivity index (χ1n) is 5.43. The Morgan fingerprint density at radius 2 is 2.38 bits per heavy atom. The molecule has 1 rings (SSSR count). The first-order chi connectivity index (χ1) is 8.56. The SMILES string of the molecule is [2H]C([2H])([2H])c1ncc(COP(=O)(O)O)c(C=O)c1O. The van der Waals surface area contributed by atoms with E-state index in [1.807, 2.05) is 0 Å². The third-order valence-electron chi connectivity index (χ3n) is 1.68. The van der Waals surface area contributed by atoms with Crippen LogP contribution in [0.3, 0.4) is 0 Å². The van der Waals surface area contributed by atoms with E-state index in [9.17, 15) is 14.5 Å². The van der Waals surface area contributed by atoms with Gasteiger partial charge in [0, 0.05) is 15.9 Å². The molecule has 0 saturated heterocycles. The van der Waals surface area contributed by atoms with Crippen LogP contribution in [-0.2, 0) is 15.7 Å². The molecule has 0 radical (unpaired) electrons. The van der Waals surface area contributed by atoms with Gasteiger partial charge in [-0.3, -0.25) is 14.3 Å².